The Labute approximate surface area is 157 Å². The molecule has 1 aromatic carbocycles. The van der Waals surface area contributed by atoms with Gasteiger partial charge in [-0.15, -0.1) is 23.7 Å². The molecular formula is C18H22ClN3O2S. The van der Waals surface area contributed by atoms with E-state index >= 15 is 0 Å². The van der Waals surface area contributed by atoms with Crippen molar-refractivity contribution < 1.29 is 9.59 Å². The Hall–Kier alpha value is -1.89. The normalized spacial score (nSPS) is 19.1. The van der Waals surface area contributed by atoms with Crippen LogP contribution in [-0.2, 0) is 4.79 Å². The minimum Gasteiger partial charge on any atom is -0.330 e. The van der Waals surface area contributed by atoms with Crippen LogP contribution < -0.4 is 16.4 Å². The molecule has 4 N–H and O–H groups in total. The second kappa shape index (κ2) is 8.99. The summed E-state index contributed by atoms with van der Waals surface area (Å²) in [7, 11) is 0. The summed E-state index contributed by atoms with van der Waals surface area (Å²) >= 11 is 1.40. The molecule has 0 unspecified atom stereocenters. The van der Waals surface area contributed by atoms with Gasteiger partial charge in [0.2, 0.25) is 5.91 Å². The monoisotopic (exact) mass is 379 g/mol. The van der Waals surface area contributed by atoms with Crippen molar-refractivity contribution in [1.82, 2.24) is 0 Å². The average Bonchev–Trinajstić information content (AvgIpc) is 3.28. The highest BCUT2D eigenvalue weighted by molar-refractivity contribution is 7.12. The molecule has 0 spiro atoms. The zero-order chi connectivity index (χ0) is 16.9. The van der Waals surface area contributed by atoms with Gasteiger partial charge >= 0.3 is 0 Å². The van der Waals surface area contributed by atoms with Gasteiger partial charge in [-0.1, -0.05) is 12.5 Å². The highest BCUT2D eigenvalue weighted by Gasteiger charge is 2.31. The van der Waals surface area contributed by atoms with E-state index in [0.717, 1.165) is 24.9 Å². The molecule has 5 nitrogen and oxygen atoms in total. The van der Waals surface area contributed by atoms with Crippen molar-refractivity contribution >= 4 is 46.9 Å². The fraction of sp³-hybridized carbons (Fsp3) is 0.333. The lowest BCUT2D eigenvalue weighted by Gasteiger charge is -2.17. The van der Waals surface area contributed by atoms with E-state index in [1.165, 1.54) is 11.3 Å². The van der Waals surface area contributed by atoms with E-state index in [2.05, 4.69) is 10.6 Å². The smallest absolute Gasteiger partial charge is 0.265 e. The summed E-state index contributed by atoms with van der Waals surface area (Å²) in [5.41, 5.74) is 7.18. The maximum atomic E-state index is 12.4. The van der Waals surface area contributed by atoms with Crippen LogP contribution >= 0.6 is 23.7 Å². The molecule has 2 amide bonds. The second-order valence-corrected chi connectivity index (χ2v) is 6.98. The largest absolute Gasteiger partial charge is 0.330 e. The standard InChI is InChI=1S/C18H21N3O2S.ClH/c19-11-12-3-1-4-15(12)17(22)20-13-6-8-14(9-7-13)21-18(23)16-5-2-10-24-16;/h2,5-10,12,15H,1,3-4,11,19H2,(H,20,22)(H,21,23);1H/t12-,15-;/m1./s1. The van der Waals surface area contributed by atoms with E-state index in [1.54, 1.807) is 30.3 Å². The number of benzene rings is 1. The summed E-state index contributed by atoms with van der Waals surface area (Å²) in [5.74, 6) is 0.208. The van der Waals surface area contributed by atoms with Gasteiger partial charge in [-0.2, -0.15) is 0 Å². The molecule has 0 radical (unpaired) electrons. The summed E-state index contributed by atoms with van der Waals surface area (Å²) in [6, 6.07) is 10.8. The maximum absolute atomic E-state index is 12.4. The molecule has 1 aliphatic carbocycles. The Bertz CT molecular complexity index is 704. The van der Waals surface area contributed by atoms with Crippen LogP contribution in [0, 0.1) is 11.8 Å². The highest BCUT2D eigenvalue weighted by atomic mass is 35.5. The number of anilines is 2. The number of nitrogens with one attached hydrogen (secondary N) is 2. The van der Waals surface area contributed by atoms with Crippen molar-refractivity contribution in [2.45, 2.75) is 19.3 Å². The molecule has 25 heavy (non-hydrogen) atoms. The molecule has 1 aromatic heterocycles. The molecule has 7 heteroatoms. The van der Waals surface area contributed by atoms with Crippen molar-refractivity contribution in [3.05, 3.63) is 46.7 Å². The molecule has 1 saturated carbocycles. The number of carbonyl (C=O) groups excluding carboxylic acids is 2. The third kappa shape index (κ3) is 4.81. The minimum atomic E-state index is -0.126. The van der Waals surface area contributed by atoms with Gasteiger partial charge in [0, 0.05) is 17.3 Å². The van der Waals surface area contributed by atoms with E-state index in [4.69, 9.17) is 5.73 Å². The number of halogens is 1. The molecule has 0 bridgehead atoms. The third-order valence-electron chi connectivity index (χ3n) is 4.45. The number of hydrogen-bond donors (Lipinski definition) is 3. The molecule has 134 valence electrons. The van der Waals surface area contributed by atoms with Crippen LogP contribution in [0.4, 0.5) is 11.4 Å². The van der Waals surface area contributed by atoms with Crippen LogP contribution in [0.2, 0.25) is 0 Å². The SMILES string of the molecule is Cl.NC[C@H]1CCC[C@H]1C(=O)Nc1ccc(NC(=O)c2cccs2)cc1. The van der Waals surface area contributed by atoms with E-state index in [-0.39, 0.29) is 36.1 Å². The molecule has 2 aromatic rings. The maximum Gasteiger partial charge on any atom is 0.265 e. The predicted molar refractivity (Wildman–Crippen MR) is 104 cm³/mol. The Morgan fingerprint density at radius 3 is 2.36 bits per heavy atom. The zero-order valence-corrected chi connectivity index (χ0v) is 15.4. The summed E-state index contributed by atoms with van der Waals surface area (Å²) in [4.78, 5) is 25.0. The van der Waals surface area contributed by atoms with Gasteiger partial charge in [0.15, 0.2) is 0 Å². The minimum absolute atomic E-state index is 0. The van der Waals surface area contributed by atoms with Crippen LogP contribution in [0.25, 0.3) is 0 Å². The molecular weight excluding hydrogens is 358 g/mol. The number of carbonyl (C=O) groups is 2. The Balaban J connectivity index is 0.00000225. The van der Waals surface area contributed by atoms with Crippen molar-refractivity contribution in [2.24, 2.45) is 17.6 Å². The summed E-state index contributed by atoms with van der Waals surface area (Å²) < 4.78 is 0. The van der Waals surface area contributed by atoms with E-state index in [0.29, 0.717) is 17.1 Å². The van der Waals surface area contributed by atoms with E-state index in [1.807, 2.05) is 11.4 Å². The first-order chi connectivity index (χ1) is 11.7. The molecule has 3 rings (SSSR count). The van der Waals surface area contributed by atoms with Crippen LogP contribution in [-0.4, -0.2) is 18.4 Å². The van der Waals surface area contributed by atoms with Crippen molar-refractivity contribution in [1.29, 1.82) is 0 Å². The number of nitrogens with two attached hydrogens (primary N) is 1. The quantitative estimate of drug-likeness (QED) is 0.739. The summed E-state index contributed by atoms with van der Waals surface area (Å²) in [6.07, 6.45) is 3.00. The summed E-state index contributed by atoms with van der Waals surface area (Å²) in [5, 5.41) is 7.66. The fourth-order valence-electron chi connectivity index (χ4n) is 3.14. The first kappa shape index (κ1) is 19.4. The summed E-state index contributed by atoms with van der Waals surface area (Å²) in [6.45, 7) is 0.561. The molecule has 1 aliphatic rings. The molecule has 2 atom stereocenters. The van der Waals surface area contributed by atoms with Crippen LogP contribution in [0.3, 0.4) is 0 Å². The predicted octanol–water partition coefficient (Wildman–Crippen LogP) is 3.74. The van der Waals surface area contributed by atoms with Gasteiger partial charge in [-0.3, -0.25) is 9.59 Å². The molecule has 0 saturated heterocycles. The Kier molecular flexibility index (Phi) is 6.99. The van der Waals surface area contributed by atoms with Crippen LogP contribution in [0.5, 0.6) is 0 Å². The molecule has 1 heterocycles. The van der Waals surface area contributed by atoms with Gasteiger partial charge in [-0.05, 0) is 61.0 Å². The van der Waals surface area contributed by atoms with E-state index < -0.39 is 0 Å². The van der Waals surface area contributed by atoms with Crippen molar-refractivity contribution in [3.8, 4) is 0 Å². The van der Waals surface area contributed by atoms with Gasteiger partial charge in [0.05, 0.1) is 4.88 Å². The number of hydrogen-bond acceptors (Lipinski definition) is 4. The first-order valence-electron chi connectivity index (χ1n) is 8.13. The molecule has 1 fully saturated rings. The lowest BCUT2D eigenvalue weighted by atomic mass is 9.95. The van der Waals surface area contributed by atoms with Crippen LogP contribution in [0.15, 0.2) is 41.8 Å². The number of thiophene rings is 1. The topological polar surface area (TPSA) is 84.2 Å². The Morgan fingerprint density at radius 2 is 1.76 bits per heavy atom. The van der Waals surface area contributed by atoms with Crippen LogP contribution in [0.1, 0.15) is 28.9 Å². The third-order valence-corrected chi connectivity index (χ3v) is 5.32. The van der Waals surface area contributed by atoms with Gasteiger partial charge in [0.25, 0.3) is 5.91 Å². The fourth-order valence-corrected chi connectivity index (χ4v) is 3.76. The first-order valence-corrected chi connectivity index (χ1v) is 9.01. The Morgan fingerprint density at radius 1 is 1.08 bits per heavy atom. The van der Waals surface area contributed by atoms with Gasteiger partial charge in [-0.25, -0.2) is 0 Å². The average molecular weight is 380 g/mol. The zero-order valence-electron chi connectivity index (χ0n) is 13.7. The highest BCUT2D eigenvalue weighted by Crippen LogP contribution is 2.32. The van der Waals surface area contributed by atoms with E-state index in [9.17, 15) is 9.59 Å². The lowest BCUT2D eigenvalue weighted by molar-refractivity contribution is -0.120. The molecule has 0 aliphatic heterocycles. The number of rotatable bonds is 5. The van der Waals surface area contributed by atoms with Gasteiger partial charge in [0.1, 0.15) is 0 Å². The lowest BCUT2D eigenvalue weighted by Crippen LogP contribution is -2.29. The second-order valence-electron chi connectivity index (χ2n) is 6.03. The number of amides is 2. The van der Waals surface area contributed by atoms with Gasteiger partial charge < -0.3 is 16.4 Å². The van der Waals surface area contributed by atoms with Crippen molar-refractivity contribution in [2.75, 3.05) is 17.2 Å². The van der Waals surface area contributed by atoms with Crippen molar-refractivity contribution in [3.63, 3.8) is 0 Å².